The first-order valence-corrected chi connectivity index (χ1v) is 7.47. The quantitative estimate of drug-likeness (QED) is 0.349. The van der Waals surface area contributed by atoms with Crippen molar-refractivity contribution in [3.63, 3.8) is 0 Å². The molecule has 0 radical (unpaired) electrons. The van der Waals surface area contributed by atoms with E-state index in [9.17, 15) is 0 Å². The summed E-state index contributed by atoms with van der Waals surface area (Å²) in [4.78, 5) is 2.57. The van der Waals surface area contributed by atoms with Crippen molar-refractivity contribution in [3.8, 4) is 0 Å². The second-order valence-electron chi connectivity index (χ2n) is 7.33. The second-order valence-corrected chi connectivity index (χ2v) is 7.33. The minimum Gasteiger partial charge on any atom is -0.409 e. The largest absolute Gasteiger partial charge is 0.409 e. The molecule has 1 rings (SSSR count). The summed E-state index contributed by atoms with van der Waals surface area (Å²) >= 11 is 0. The van der Waals surface area contributed by atoms with Crippen LogP contribution in [0.25, 0.3) is 0 Å². The fourth-order valence-corrected chi connectivity index (χ4v) is 2.71. The zero-order valence-electron chi connectivity index (χ0n) is 13.1. The predicted molar refractivity (Wildman–Crippen MR) is 80.5 cm³/mol. The molecule has 112 valence electrons. The molecule has 0 atom stereocenters. The summed E-state index contributed by atoms with van der Waals surface area (Å²) in [5, 5.41) is 11.9. The molecule has 4 nitrogen and oxygen atoms in total. The average Bonchev–Trinajstić information content (AvgIpc) is 2.49. The Hall–Kier alpha value is -0.770. The average molecular weight is 269 g/mol. The van der Waals surface area contributed by atoms with E-state index in [0.29, 0.717) is 11.3 Å². The highest BCUT2D eigenvalue weighted by atomic mass is 16.4. The van der Waals surface area contributed by atoms with Gasteiger partial charge in [0.2, 0.25) is 0 Å². The molecule has 19 heavy (non-hydrogen) atoms. The third kappa shape index (κ3) is 5.39. The second kappa shape index (κ2) is 6.60. The van der Waals surface area contributed by atoms with E-state index in [1.165, 1.54) is 32.4 Å². The molecular weight excluding hydrogens is 238 g/mol. The maximum absolute atomic E-state index is 8.77. The highest BCUT2D eigenvalue weighted by Crippen LogP contribution is 2.30. The minimum absolute atomic E-state index is 0.208. The number of oxime groups is 1. The first kappa shape index (κ1) is 16.3. The SMILES string of the molecule is CC1(C)CCCN(CCCC(C)(C)C(N)=NO)CC1. The molecule has 0 unspecified atom stereocenters. The van der Waals surface area contributed by atoms with Gasteiger partial charge < -0.3 is 15.8 Å². The van der Waals surface area contributed by atoms with Crippen LogP contribution in [0.5, 0.6) is 0 Å². The van der Waals surface area contributed by atoms with Crippen LogP contribution in [0.2, 0.25) is 0 Å². The molecule has 4 heteroatoms. The third-order valence-corrected chi connectivity index (χ3v) is 4.51. The molecule has 0 amide bonds. The number of nitrogens with two attached hydrogens (primary N) is 1. The summed E-state index contributed by atoms with van der Waals surface area (Å²) in [6, 6.07) is 0. The lowest BCUT2D eigenvalue weighted by Crippen LogP contribution is -2.33. The van der Waals surface area contributed by atoms with E-state index in [4.69, 9.17) is 10.9 Å². The molecule has 1 heterocycles. The molecule has 1 aliphatic heterocycles. The Morgan fingerprint density at radius 1 is 1.32 bits per heavy atom. The van der Waals surface area contributed by atoms with Crippen molar-refractivity contribution in [2.45, 2.75) is 59.8 Å². The summed E-state index contributed by atoms with van der Waals surface area (Å²) in [5.74, 6) is 0.337. The lowest BCUT2D eigenvalue weighted by Gasteiger charge is -2.26. The fourth-order valence-electron chi connectivity index (χ4n) is 2.71. The van der Waals surface area contributed by atoms with Crippen molar-refractivity contribution >= 4 is 5.84 Å². The third-order valence-electron chi connectivity index (χ3n) is 4.51. The summed E-state index contributed by atoms with van der Waals surface area (Å²) in [6.07, 6.45) is 5.98. The number of hydrogen-bond acceptors (Lipinski definition) is 3. The molecule has 0 bridgehead atoms. The Kier molecular flexibility index (Phi) is 5.65. The van der Waals surface area contributed by atoms with Crippen molar-refractivity contribution < 1.29 is 5.21 Å². The van der Waals surface area contributed by atoms with Gasteiger partial charge >= 0.3 is 0 Å². The number of rotatable bonds is 5. The van der Waals surface area contributed by atoms with Crippen molar-refractivity contribution in [3.05, 3.63) is 0 Å². The van der Waals surface area contributed by atoms with Gasteiger partial charge in [0.25, 0.3) is 0 Å². The van der Waals surface area contributed by atoms with Gasteiger partial charge in [0.1, 0.15) is 5.84 Å². The number of nitrogens with zero attached hydrogens (tertiary/aromatic N) is 2. The van der Waals surface area contributed by atoms with Gasteiger partial charge in [0.05, 0.1) is 0 Å². The van der Waals surface area contributed by atoms with Gasteiger partial charge in [-0.25, -0.2) is 0 Å². The van der Waals surface area contributed by atoms with Gasteiger partial charge in [-0.15, -0.1) is 0 Å². The standard InChI is InChI=1S/C15H31N3O/c1-14(2)7-5-10-18(12-9-14)11-6-8-15(3,4)13(16)17-19/h19H,5-12H2,1-4H3,(H2,16,17). The zero-order chi connectivity index (χ0) is 14.5. The summed E-state index contributed by atoms with van der Waals surface area (Å²) in [5.41, 5.74) is 6.01. The van der Waals surface area contributed by atoms with Gasteiger partial charge in [-0.2, -0.15) is 0 Å². The first-order chi connectivity index (χ1) is 8.77. The van der Waals surface area contributed by atoms with Crippen LogP contribution in [0.4, 0.5) is 0 Å². The van der Waals surface area contributed by atoms with Crippen LogP contribution in [-0.4, -0.2) is 35.6 Å². The van der Waals surface area contributed by atoms with E-state index >= 15 is 0 Å². The Balaban J connectivity index is 2.34. The molecule has 1 fully saturated rings. The Labute approximate surface area is 118 Å². The van der Waals surface area contributed by atoms with E-state index < -0.39 is 0 Å². The van der Waals surface area contributed by atoms with Crippen LogP contribution in [0.1, 0.15) is 59.8 Å². The number of likely N-dealkylation sites (tertiary alicyclic amines) is 1. The van der Waals surface area contributed by atoms with Crippen molar-refractivity contribution in [2.75, 3.05) is 19.6 Å². The highest BCUT2D eigenvalue weighted by molar-refractivity contribution is 5.85. The highest BCUT2D eigenvalue weighted by Gasteiger charge is 2.25. The Bertz CT molecular complexity index is 311. The Morgan fingerprint density at radius 2 is 2.00 bits per heavy atom. The summed E-state index contributed by atoms with van der Waals surface area (Å²) < 4.78 is 0. The summed E-state index contributed by atoms with van der Waals surface area (Å²) in [7, 11) is 0. The monoisotopic (exact) mass is 269 g/mol. The lowest BCUT2D eigenvalue weighted by molar-refractivity contribution is 0.248. The molecule has 0 aliphatic carbocycles. The maximum Gasteiger partial charge on any atom is 0.144 e. The number of hydrogen-bond donors (Lipinski definition) is 2. The predicted octanol–water partition coefficient (Wildman–Crippen LogP) is 3.05. The van der Waals surface area contributed by atoms with Crippen molar-refractivity contribution in [1.82, 2.24) is 4.90 Å². The molecule has 3 N–H and O–H groups in total. The smallest absolute Gasteiger partial charge is 0.144 e. The minimum atomic E-state index is -0.208. The molecule has 0 spiro atoms. The number of amidine groups is 1. The van der Waals surface area contributed by atoms with E-state index in [1.54, 1.807) is 0 Å². The first-order valence-electron chi connectivity index (χ1n) is 7.47. The van der Waals surface area contributed by atoms with E-state index in [0.717, 1.165) is 19.4 Å². The van der Waals surface area contributed by atoms with Crippen LogP contribution in [0, 0.1) is 10.8 Å². The van der Waals surface area contributed by atoms with Gasteiger partial charge in [0.15, 0.2) is 0 Å². The topological polar surface area (TPSA) is 61.8 Å². The molecule has 0 aromatic carbocycles. The zero-order valence-corrected chi connectivity index (χ0v) is 13.1. The normalized spacial score (nSPS) is 22.2. The molecule has 0 aromatic heterocycles. The van der Waals surface area contributed by atoms with E-state index in [2.05, 4.69) is 23.9 Å². The van der Waals surface area contributed by atoms with Crippen LogP contribution < -0.4 is 5.73 Å². The van der Waals surface area contributed by atoms with Crippen molar-refractivity contribution in [1.29, 1.82) is 0 Å². The van der Waals surface area contributed by atoms with E-state index in [1.807, 2.05) is 13.8 Å². The molecule has 0 aromatic rings. The van der Waals surface area contributed by atoms with E-state index in [-0.39, 0.29) is 5.41 Å². The van der Waals surface area contributed by atoms with Gasteiger partial charge in [-0.1, -0.05) is 32.9 Å². The van der Waals surface area contributed by atoms with Gasteiger partial charge in [0, 0.05) is 5.41 Å². The van der Waals surface area contributed by atoms with Gasteiger partial charge in [-0.05, 0) is 57.2 Å². The molecule has 1 aliphatic rings. The van der Waals surface area contributed by atoms with Crippen molar-refractivity contribution in [2.24, 2.45) is 21.7 Å². The van der Waals surface area contributed by atoms with Crippen LogP contribution >= 0.6 is 0 Å². The molecule has 0 saturated carbocycles. The lowest BCUT2D eigenvalue weighted by atomic mass is 9.85. The molecular formula is C15H31N3O. The van der Waals surface area contributed by atoms with Crippen LogP contribution in [0.15, 0.2) is 5.16 Å². The molecule has 1 saturated heterocycles. The summed E-state index contributed by atoms with van der Waals surface area (Å²) in [6.45, 7) is 12.4. The van der Waals surface area contributed by atoms with Crippen LogP contribution in [-0.2, 0) is 0 Å². The maximum atomic E-state index is 8.77. The fraction of sp³-hybridized carbons (Fsp3) is 0.933. The Morgan fingerprint density at radius 3 is 2.63 bits per heavy atom. The van der Waals surface area contributed by atoms with Gasteiger partial charge in [-0.3, -0.25) is 0 Å². The van der Waals surface area contributed by atoms with Crippen LogP contribution in [0.3, 0.4) is 0 Å².